The van der Waals surface area contributed by atoms with E-state index in [0.29, 0.717) is 36.1 Å². The molecule has 12 nitrogen and oxygen atoms in total. The molecule has 4 bridgehead atoms. The Morgan fingerprint density at radius 2 is 0.985 bits per heavy atom. The summed E-state index contributed by atoms with van der Waals surface area (Å²) >= 11 is 0. The number of carbonyl (C=O) groups is 2. The van der Waals surface area contributed by atoms with Gasteiger partial charge in [0.25, 0.3) is 11.1 Å². The lowest BCUT2D eigenvalue weighted by atomic mass is 9.86. The molecule has 4 aliphatic heterocycles. The number of aromatic nitrogens is 2. The summed E-state index contributed by atoms with van der Waals surface area (Å²) in [5, 5.41) is 27.3. The molecular weight excluding hydrogens is 829 g/mol. The predicted molar refractivity (Wildman–Crippen MR) is 257 cm³/mol. The van der Waals surface area contributed by atoms with Gasteiger partial charge in [0.15, 0.2) is 0 Å². The number of nitrogens with one attached hydrogen (secondary N) is 2. The molecule has 2 amide bonds. The number of aliphatic hydroxyl groups is 2. The summed E-state index contributed by atoms with van der Waals surface area (Å²) in [5.41, 5.74) is 5.20. The molecule has 348 valence electrons. The number of benzene rings is 2. The highest BCUT2D eigenvalue weighted by Crippen LogP contribution is 2.52. The molecule has 6 aliphatic rings. The number of hydrogen-bond donors (Lipinski definition) is 4. The topological polar surface area (TPSA) is 149 Å². The number of fused-ring (bicyclic) bond motifs is 8. The molecule has 4 N–H and O–H groups in total. The average molecular weight is 895 g/mol. The summed E-state index contributed by atoms with van der Waals surface area (Å²) in [6, 6.07) is 26.9. The molecule has 0 spiro atoms. The van der Waals surface area contributed by atoms with Crippen molar-refractivity contribution in [2.75, 3.05) is 26.3 Å². The van der Waals surface area contributed by atoms with E-state index in [1.165, 1.54) is 25.7 Å². The Balaban J connectivity index is 0.000000166. The number of amides is 2. The Labute approximate surface area is 388 Å². The number of rotatable bonds is 14. The average Bonchev–Trinajstić information content (AvgIpc) is 4.27. The zero-order valence-electron chi connectivity index (χ0n) is 38.7. The van der Waals surface area contributed by atoms with E-state index >= 15 is 0 Å². The number of carbonyl (C=O) groups excluding carboxylic acids is 2. The molecule has 2 saturated carbocycles. The highest BCUT2D eigenvalue weighted by Gasteiger charge is 2.58. The maximum absolute atomic E-state index is 13.7. The Morgan fingerprint density at radius 1 is 0.606 bits per heavy atom. The molecule has 4 fully saturated rings. The molecule has 2 aromatic heterocycles. The van der Waals surface area contributed by atoms with E-state index in [1.54, 1.807) is 0 Å². The zero-order chi connectivity index (χ0) is 46.2. The third kappa shape index (κ3) is 8.80. The van der Waals surface area contributed by atoms with Crippen molar-refractivity contribution in [2.24, 2.45) is 35.5 Å². The number of pyridine rings is 2. The van der Waals surface area contributed by atoms with Crippen LogP contribution < -0.4 is 21.8 Å². The molecule has 2 saturated heterocycles. The first-order valence-electron chi connectivity index (χ1n) is 24.2. The molecule has 10 atom stereocenters. The van der Waals surface area contributed by atoms with Crippen LogP contribution in [0.25, 0.3) is 12.2 Å². The quantitative estimate of drug-likeness (QED) is 0.116. The molecule has 10 rings (SSSR count). The molecular formula is C54H66N6O6. The van der Waals surface area contributed by atoms with Gasteiger partial charge in [-0.3, -0.25) is 29.0 Å². The van der Waals surface area contributed by atoms with Crippen molar-refractivity contribution in [1.82, 2.24) is 29.6 Å². The fraction of sp³-hybridized carbons (Fsp3) is 0.481. The molecule has 66 heavy (non-hydrogen) atoms. The van der Waals surface area contributed by atoms with Crippen LogP contribution >= 0.6 is 0 Å². The van der Waals surface area contributed by atoms with Gasteiger partial charge in [-0.2, -0.15) is 0 Å². The number of nitrogens with zero attached hydrogens (tertiary/aromatic N) is 4. The van der Waals surface area contributed by atoms with Gasteiger partial charge in [-0.15, -0.1) is 0 Å². The van der Waals surface area contributed by atoms with Crippen molar-refractivity contribution in [3.63, 3.8) is 0 Å². The van der Waals surface area contributed by atoms with Crippen LogP contribution in [-0.2, 0) is 22.7 Å². The molecule has 12 heteroatoms. The highest BCUT2D eigenvalue weighted by molar-refractivity contribution is 5.82. The molecule has 0 unspecified atom stereocenters. The van der Waals surface area contributed by atoms with Crippen LogP contribution in [0.3, 0.4) is 0 Å². The van der Waals surface area contributed by atoms with Gasteiger partial charge in [0.05, 0.1) is 36.0 Å². The minimum atomic E-state index is -0.398. The zero-order valence-corrected chi connectivity index (χ0v) is 38.7. The summed E-state index contributed by atoms with van der Waals surface area (Å²) in [6.07, 6.45) is 12.3. The van der Waals surface area contributed by atoms with E-state index < -0.39 is 11.8 Å². The molecule has 4 aromatic rings. The summed E-state index contributed by atoms with van der Waals surface area (Å²) < 4.78 is 3.70. The van der Waals surface area contributed by atoms with Gasteiger partial charge in [0, 0.05) is 85.8 Å². The van der Waals surface area contributed by atoms with Gasteiger partial charge in [0.2, 0.25) is 11.8 Å². The fourth-order valence-electron chi connectivity index (χ4n) is 11.7. The molecule has 6 heterocycles. The summed E-state index contributed by atoms with van der Waals surface area (Å²) in [4.78, 5) is 58.7. The van der Waals surface area contributed by atoms with Gasteiger partial charge in [-0.05, 0) is 101 Å². The lowest BCUT2D eigenvalue weighted by Gasteiger charge is -2.38. The summed E-state index contributed by atoms with van der Waals surface area (Å²) in [7, 11) is 0. The van der Waals surface area contributed by atoms with Crippen LogP contribution in [0.5, 0.6) is 0 Å². The first-order chi connectivity index (χ1) is 32.1. The van der Waals surface area contributed by atoms with Crippen LogP contribution in [0, 0.1) is 35.5 Å². The van der Waals surface area contributed by atoms with Gasteiger partial charge in [-0.1, -0.05) is 85.0 Å². The van der Waals surface area contributed by atoms with Gasteiger partial charge in [-0.25, -0.2) is 0 Å². The van der Waals surface area contributed by atoms with Gasteiger partial charge >= 0.3 is 0 Å². The second-order valence-corrected chi connectivity index (χ2v) is 19.6. The largest absolute Gasteiger partial charge is 0.396 e. The number of aliphatic hydroxyl groups excluding tert-OH is 2. The van der Waals surface area contributed by atoms with Crippen molar-refractivity contribution in [3.8, 4) is 0 Å². The Kier molecular flexibility index (Phi) is 13.5. The third-order valence-electron chi connectivity index (χ3n) is 15.3. The van der Waals surface area contributed by atoms with E-state index in [2.05, 4.69) is 20.4 Å². The standard InChI is InChI=1S/2C27H33N3O3/c2*1-3-7-20-12-13-22-25-24(26(32)28-17(2)19-8-5-4-6-9-19)21(16-31)23(15-30(22)27(20)33)29(25)14-18-10-11-18/h2*3-9,12-13,17-18,21,23-25,31H,10-11,14-16H2,1-2H3,(H,28,32)/b7-3+;7-3-/t2*17-,21+,23+,24-,25-/m11/s1. The Hall–Kier alpha value is -5.40. The van der Waals surface area contributed by atoms with Crippen molar-refractivity contribution in [1.29, 1.82) is 0 Å². The smallest absolute Gasteiger partial charge is 0.258 e. The Morgan fingerprint density at radius 3 is 1.32 bits per heavy atom. The SMILES string of the molecule is C/C=C/c1ccc2n(c1=O)C[C@H]1[C@H](CO)[C@@H](C(=O)N[C@H](C)c3ccccc3)[C@@H]2N1CC1CC1.C/C=C\c1ccc2n(c1=O)C[C@H]1[C@H](CO)[C@@H](C(=O)N[C@H](C)c3ccccc3)[C@@H]2N1CC1CC1. The number of hydrogen-bond acceptors (Lipinski definition) is 8. The van der Waals surface area contributed by atoms with Gasteiger partial charge < -0.3 is 30.0 Å². The normalized spacial score (nSPS) is 27.5. The van der Waals surface area contributed by atoms with E-state index in [4.69, 9.17) is 0 Å². The molecule has 2 aliphatic carbocycles. The fourth-order valence-corrected chi connectivity index (χ4v) is 11.7. The second-order valence-electron chi connectivity index (χ2n) is 19.6. The lowest BCUT2D eigenvalue weighted by molar-refractivity contribution is -0.129. The molecule has 2 aromatic carbocycles. The van der Waals surface area contributed by atoms with E-state index in [9.17, 15) is 29.4 Å². The summed E-state index contributed by atoms with van der Waals surface area (Å²) in [5.74, 6) is 0.00725. The maximum Gasteiger partial charge on any atom is 0.258 e. The van der Waals surface area contributed by atoms with Crippen molar-refractivity contribution in [2.45, 2.75) is 103 Å². The minimum Gasteiger partial charge on any atom is -0.396 e. The molecule has 0 radical (unpaired) electrons. The van der Waals surface area contributed by atoms with Crippen LogP contribution in [0.15, 0.2) is 107 Å². The summed E-state index contributed by atoms with van der Waals surface area (Å²) in [6.45, 7) is 10.6. The monoisotopic (exact) mass is 895 g/mol. The first kappa shape index (κ1) is 45.7. The Bertz CT molecular complexity index is 2390. The van der Waals surface area contributed by atoms with Crippen LogP contribution in [-0.4, -0.2) is 79.3 Å². The predicted octanol–water partition coefficient (Wildman–Crippen LogP) is 6.26. The number of allylic oxidation sites excluding steroid dienone is 2. The lowest BCUT2D eigenvalue weighted by Crippen LogP contribution is -2.47. The third-order valence-corrected chi connectivity index (χ3v) is 15.3. The van der Waals surface area contributed by atoms with E-state index in [1.807, 2.05) is 146 Å². The van der Waals surface area contributed by atoms with E-state index in [0.717, 1.165) is 35.6 Å². The van der Waals surface area contributed by atoms with Crippen molar-refractivity contribution in [3.05, 3.63) is 151 Å². The van der Waals surface area contributed by atoms with Crippen molar-refractivity contribution < 1.29 is 19.8 Å². The first-order valence-corrected chi connectivity index (χ1v) is 24.2. The highest BCUT2D eigenvalue weighted by atomic mass is 16.3. The maximum atomic E-state index is 13.7. The minimum absolute atomic E-state index is 0.0120. The van der Waals surface area contributed by atoms with Crippen LogP contribution in [0.2, 0.25) is 0 Å². The van der Waals surface area contributed by atoms with Crippen LogP contribution in [0.4, 0.5) is 0 Å². The van der Waals surface area contributed by atoms with E-state index in [-0.39, 0.29) is 84.2 Å². The second kappa shape index (κ2) is 19.4. The van der Waals surface area contributed by atoms with Crippen LogP contribution in [0.1, 0.15) is 111 Å². The van der Waals surface area contributed by atoms with Crippen molar-refractivity contribution >= 4 is 24.0 Å². The van der Waals surface area contributed by atoms with Gasteiger partial charge in [0.1, 0.15) is 0 Å².